The van der Waals surface area contributed by atoms with E-state index in [1.165, 1.54) is 22.8 Å². The lowest BCUT2D eigenvalue weighted by atomic mass is 10.2. The molecule has 0 atom stereocenters. The van der Waals surface area contributed by atoms with E-state index in [1.54, 1.807) is 29.2 Å². The van der Waals surface area contributed by atoms with Crippen molar-refractivity contribution < 1.29 is 13.2 Å². The summed E-state index contributed by atoms with van der Waals surface area (Å²) < 4.78 is 27.4. The number of carbonyl (C=O) groups excluding carboxylic acids is 1. The fourth-order valence-corrected chi connectivity index (χ4v) is 5.10. The minimum atomic E-state index is -3.58. The van der Waals surface area contributed by atoms with Gasteiger partial charge in [0.2, 0.25) is 10.0 Å². The summed E-state index contributed by atoms with van der Waals surface area (Å²) in [5.41, 5.74) is 0.577. The second kappa shape index (κ2) is 7.56. The van der Waals surface area contributed by atoms with Crippen LogP contribution in [0.1, 0.15) is 10.4 Å². The molecular weight excluding hydrogens is 477 g/mol. The van der Waals surface area contributed by atoms with Gasteiger partial charge in [-0.05, 0) is 52.9 Å². The SMILES string of the molecule is O=C(c1ccc(Cl)cc1I)N1CCN(S(=O)(=O)c2cccnc2)CC1. The van der Waals surface area contributed by atoms with Crippen molar-refractivity contribution in [2.75, 3.05) is 26.2 Å². The Morgan fingerprint density at radius 2 is 1.88 bits per heavy atom. The lowest BCUT2D eigenvalue weighted by molar-refractivity contribution is 0.0697. The van der Waals surface area contributed by atoms with Crippen LogP contribution in [0.15, 0.2) is 47.6 Å². The zero-order chi connectivity index (χ0) is 18.0. The van der Waals surface area contributed by atoms with E-state index in [4.69, 9.17) is 11.6 Å². The first-order valence-corrected chi connectivity index (χ1v) is 10.4. The number of carbonyl (C=O) groups is 1. The fourth-order valence-electron chi connectivity index (χ4n) is 2.61. The van der Waals surface area contributed by atoms with Crippen molar-refractivity contribution in [3.63, 3.8) is 0 Å². The molecule has 25 heavy (non-hydrogen) atoms. The summed E-state index contributed by atoms with van der Waals surface area (Å²) in [6, 6.07) is 8.23. The van der Waals surface area contributed by atoms with Crippen LogP contribution in [-0.4, -0.2) is 54.7 Å². The van der Waals surface area contributed by atoms with Gasteiger partial charge in [-0.2, -0.15) is 4.31 Å². The van der Waals surface area contributed by atoms with Crippen LogP contribution in [0.5, 0.6) is 0 Å². The Hall–Kier alpha value is -1.23. The number of hydrogen-bond acceptors (Lipinski definition) is 4. The van der Waals surface area contributed by atoms with Gasteiger partial charge in [0, 0.05) is 47.2 Å². The molecule has 0 radical (unpaired) electrons. The summed E-state index contributed by atoms with van der Waals surface area (Å²) in [6.07, 6.45) is 2.87. The summed E-state index contributed by atoms with van der Waals surface area (Å²) in [4.78, 5) is 18.4. The molecule has 3 rings (SSSR count). The van der Waals surface area contributed by atoms with Crippen LogP contribution in [-0.2, 0) is 10.0 Å². The number of benzene rings is 1. The molecule has 1 aliphatic heterocycles. The van der Waals surface area contributed by atoms with Crippen LogP contribution < -0.4 is 0 Å². The first kappa shape index (κ1) is 18.6. The molecule has 1 aromatic heterocycles. The molecule has 0 saturated carbocycles. The maximum absolute atomic E-state index is 12.7. The van der Waals surface area contributed by atoms with Gasteiger partial charge in [0.05, 0.1) is 5.56 Å². The van der Waals surface area contributed by atoms with Crippen LogP contribution in [0.3, 0.4) is 0 Å². The highest BCUT2D eigenvalue weighted by Gasteiger charge is 2.30. The number of pyridine rings is 1. The molecule has 2 aromatic rings. The van der Waals surface area contributed by atoms with Gasteiger partial charge in [-0.15, -0.1) is 0 Å². The zero-order valence-corrected chi connectivity index (χ0v) is 16.8. The van der Waals surface area contributed by atoms with E-state index in [9.17, 15) is 13.2 Å². The highest BCUT2D eigenvalue weighted by molar-refractivity contribution is 14.1. The quantitative estimate of drug-likeness (QED) is 0.619. The summed E-state index contributed by atoms with van der Waals surface area (Å²) in [6.45, 7) is 1.20. The molecule has 0 aliphatic carbocycles. The highest BCUT2D eigenvalue weighted by Crippen LogP contribution is 2.21. The molecule has 0 N–H and O–H groups in total. The van der Waals surface area contributed by atoms with E-state index < -0.39 is 10.0 Å². The van der Waals surface area contributed by atoms with Crippen LogP contribution in [0.2, 0.25) is 5.02 Å². The van der Waals surface area contributed by atoms with E-state index in [2.05, 4.69) is 27.6 Å². The third-order valence-electron chi connectivity index (χ3n) is 3.96. The molecule has 1 aromatic carbocycles. The van der Waals surface area contributed by atoms with Gasteiger partial charge < -0.3 is 4.90 Å². The monoisotopic (exact) mass is 491 g/mol. The number of amides is 1. The Kier molecular flexibility index (Phi) is 5.62. The van der Waals surface area contributed by atoms with E-state index in [1.807, 2.05) is 0 Å². The number of piperazine rings is 1. The van der Waals surface area contributed by atoms with Crippen molar-refractivity contribution in [2.45, 2.75) is 4.90 Å². The van der Waals surface area contributed by atoms with Gasteiger partial charge in [-0.3, -0.25) is 9.78 Å². The van der Waals surface area contributed by atoms with Crippen LogP contribution in [0, 0.1) is 3.57 Å². The molecular formula is C16H15ClIN3O3S. The Morgan fingerprint density at radius 1 is 1.16 bits per heavy atom. The van der Waals surface area contributed by atoms with Crippen molar-refractivity contribution in [1.82, 2.24) is 14.2 Å². The lowest BCUT2D eigenvalue weighted by Crippen LogP contribution is -2.50. The number of nitrogens with zero attached hydrogens (tertiary/aromatic N) is 3. The Bertz CT molecular complexity index is 885. The van der Waals surface area contributed by atoms with E-state index in [-0.39, 0.29) is 23.9 Å². The molecule has 1 saturated heterocycles. The van der Waals surface area contributed by atoms with Crippen molar-refractivity contribution in [3.8, 4) is 0 Å². The number of rotatable bonds is 3. The Labute approximate surface area is 165 Å². The smallest absolute Gasteiger partial charge is 0.255 e. The number of aromatic nitrogens is 1. The fraction of sp³-hybridized carbons (Fsp3) is 0.250. The average molecular weight is 492 g/mol. The third-order valence-corrected chi connectivity index (χ3v) is 6.97. The minimum Gasteiger partial charge on any atom is -0.336 e. The normalized spacial score (nSPS) is 16.0. The molecule has 132 valence electrons. The minimum absolute atomic E-state index is 0.112. The van der Waals surface area contributed by atoms with Crippen LogP contribution >= 0.6 is 34.2 Å². The van der Waals surface area contributed by atoms with Crippen molar-refractivity contribution >= 4 is 50.1 Å². The van der Waals surface area contributed by atoms with Crippen LogP contribution in [0.4, 0.5) is 0 Å². The summed E-state index contributed by atoms with van der Waals surface area (Å²) in [5.74, 6) is -0.112. The van der Waals surface area contributed by atoms with Crippen molar-refractivity contribution in [1.29, 1.82) is 0 Å². The predicted molar refractivity (Wildman–Crippen MR) is 103 cm³/mol. The van der Waals surface area contributed by atoms with Crippen LogP contribution in [0.25, 0.3) is 0 Å². The Morgan fingerprint density at radius 3 is 2.48 bits per heavy atom. The van der Waals surface area contributed by atoms with E-state index in [0.717, 1.165) is 3.57 Å². The molecule has 1 amide bonds. The van der Waals surface area contributed by atoms with Gasteiger partial charge in [-0.25, -0.2) is 8.42 Å². The molecule has 0 spiro atoms. The van der Waals surface area contributed by atoms with Gasteiger partial charge in [-0.1, -0.05) is 11.6 Å². The average Bonchev–Trinajstić information content (AvgIpc) is 2.62. The predicted octanol–water partition coefficient (Wildman–Crippen LogP) is 2.49. The topological polar surface area (TPSA) is 70.6 Å². The van der Waals surface area contributed by atoms with E-state index >= 15 is 0 Å². The summed E-state index contributed by atoms with van der Waals surface area (Å²) in [7, 11) is -3.58. The van der Waals surface area contributed by atoms with Crippen molar-refractivity contribution in [3.05, 3.63) is 56.9 Å². The molecule has 9 heteroatoms. The largest absolute Gasteiger partial charge is 0.336 e. The van der Waals surface area contributed by atoms with Crippen molar-refractivity contribution in [2.24, 2.45) is 0 Å². The lowest BCUT2D eigenvalue weighted by Gasteiger charge is -2.34. The zero-order valence-electron chi connectivity index (χ0n) is 13.1. The number of hydrogen-bond donors (Lipinski definition) is 0. The third kappa shape index (κ3) is 3.97. The summed E-state index contributed by atoms with van der Waals surface area (Å²) >= 11 is 8.00. The molecule has 1 aliphatic rings. The standard InChI is InChI=1S/C16H15ClIN3O3S/c17-12-3-4-14(15(18)10-12)16(22)20-6-8-21(9-7-20)25(23,24)13-2-1-5-19-11-13/h1-5,10-11H,6-9H2. The first-order chi connectivity index (χ1) is 11.9. The second-order valence-corrected chi connectivity index (χ2v) is 9.05. The molecule has 2 heterocycles. The Balaban J connectivity index is 1.70. The van der Waals surface area contributed by atoms with Gasteiger partial charge in [0.15, 0.2) is 0 Å². The van der Waals surface area contributed by atoms with Gasteiger partial charge in [0.1, 0.15) is 4.90 Å². The second-order valence-electron chi connectivity index (χ2n) is 5.51. The van der Waals surface area contributed by atoms with Gasteiger partial charge >= 0.3 is 0 Å². The highest BCUT2D eigenvalue weighted by atomic mass is 127. The first-order valence-electron chi connectivity index (χ1n) is 7.54. The maximum atomic E-state index is 12.7. The molecule has 0 bridgehead atoms. The number of sulfonamides is 1. The molecule has 1 fully saturated rings. The van der Waals surface area contributed by atoms with Gasteiger partial charge in [0.25, 0.3) is 5.91 Å². The van der Waals surface area contributed by atoms with E-state index in [0.29, 0.717) is 23.7 Å². The number of halogens is 2. The maximum Gasteiger partial charge on any atom is 0.255 e. The molecule has 6 nitrogen and oxygen atoms in total. The molecule has 0 unspecified atom stereocenters. The summed E-state index contributed by atoms with van der Waals surface area (Å²) in [5, 5.41) is 0.577.